The van der Waals surface area contributed by atoms with Gasteiger partial charge < -0.3 is 67.1 Å². The first-order valence-electron chi connectivity index (χ1n) is 38.9. The highest BCUT2D eigenvalue weighted by atomic mass is 79.9. The molecule has 110 heavy (non-hydrogen) atoms. The molecule has 1 aliphatic heterocycles. The van der Waals surface area contributed by atoms with E-state index in [0.717, 1.165) is 161 Å². The van der Waals surface area contributed by atoms with Crippen LogP contribution in [0, 0.1) is 0 Å². The Hall–Kier alpha value is -4.29. The molecule has 9 aliphatic rings. The third kappa shape index (κ3) is 34.3. The summed E-state index contributed by atoms with van der Waals surface area (Å²) in [4.78, 5) is 19.2. The minimum Gasteiger partial charge on any atom is -0.400 e. The predicted molar refractivity (Wildman–Crippen MR) is 453 cm³/mol. The topological polar surface area (TPSA) is 269 Å². The van der Waals surface area contributed by atoms with E-state index in [9.17, 15) is 26.4 Å². The summed E-state index contributed by atoms with van der Waals surface area (Å²) in [7, 11) is 4.09. The van der Waals surface area contributed by atoms with Crippen molar-refractivity contribution < 1.29 is 50.1 Å². The van der Waals surface area contributed by atoms with E-state index in [-0.39, 0.29) is 61.2 Å². The molecule has 5 unspecified atom stereocenters. The molecule has 0 bridgehead atoms. The minimum atomic E-state index is -5.51. The standard InChI is InChI=1S/C16H15BrClN3.C13H24BNO2.C13H16ClN.C12H14ClN.C8H12F3NO3S.C7H15NO.C7H13NO.C6H13NO.ClH/c17-13-9-19-16(20-10-13)21-15-6-4-11(5-7-15)12-2-1-3-14(18)8-12;1-12(2)13(3,4)17-14(16-12)10-6-8-11(15-5)9-7-10;1-15-13-7-5-10(6-8-13)11-3-2-4-12(14)9-11;13-11-3-1-2-10(8-11)9-4-6-12(14)7-5-9;1-12-6-2-4-7(5-3-6)15-16(13,14)8(9,10)11;2*1-8-6-2-4-7(9)5-3-6;7-5-1-3-6(8)4-2-5;/h1-4,8-10,15H,5-7H2,(H,19,20,21);6,11,15H,7-9H2,1-5H3;2-5,9,13,15H,6-8H2,1H3;1-4,8,12H,5-7,14H2;4,6,12H,2-3,5H2,1H3;6-9H,2-5H2,1H3;6,8H,2-5H2,1H3;5-6,8H,1-4,7H2;1H. The van der Waals surface area contributed by atoms with E-state index in [1.165, 1.54) is 57.8 Å². The summed E-state index contributed by atoms with van der Waals surface area (Å²) < 4.78 is 74.3. The number of hydrogen-bond donors (Lipinski definition) is 10. The Morgan fingerprint density at radius 2 is 0.900 bits per heavy atom. The Morgan fingerprint density at radius 1 is 0.518 bits per heavy atom. The molecule has 614 valence electrons. The quantitative estimate of drug-likeness (QED) is 0.0339. The highest BCUT2D eigenvalue weighted by Gasteiger charge is 2.52. The first-order valence-corrected chi connectivity index (χ1v) is 42.2. The second-order valence-electron chi connectivity index (χ2n) is 30.4. The second-order valence-corrected chi connectivity index (χ2v) is 34.1. The van der Waals surface area contributed by atoms with Gasteiger partial charge in [-0.25, -0.2) is 9.97 Å². The number of Topliss-reactive ketones (excluding diaryl/α,β-unsaturated/α-hetero) is 1. The van der Waals surface area contributed by atoms with Crippen LogP contribution in [0.2, 0.25) is 15.1 Å². The van der Waals surface area contributed by atoms with Crippen molar-refractivity contribution >= 4 is 109 Å². The van der Waals surface area contributed by atoms with Gasteiger partial charge in [0.2, 0.25) is 5.95 Å². The van der Waals surface area contributed by atoms with E-state index in [1.54, 1.807) is 19.4 Å². The zero-order chi connectivity index (χ0) is 79.7. The number of aliphatic hydroxyl groups excluding tert-OH is 2. The number of carbonyl (C=O) groups is 1. The monoisotopic (exact) mass is 1690 g/mol. The summed E-state index contributed by atoms with van der Waals surface area (Å²) in [6.45, 7) is 8.42. The van der Waals surface area contributed by atoms with Crippen molar-refractivity contribution in [1.82, 2.24) is 36.6 Å². The van der Waals surface area contributed by atoms with E-state index in [2.05, 4.69) is 132 Å². The number of alkyl halides is 3. The zero-order valence-corrected chi connectivity index (χ0v) is 71.3. The molecule has 1 saturated heterocycles. The lowest BCUT2D eigenvalue weighted by molar-refractivity contribution is -0.120. The molecule has 28 heteroatoms. The van der Waals surface area contributed by atoms with Crippen LogP contribution < -0.4 is 43.4 Å². The average Bonchev–Trinajstić information content (AvgIpc) is 1.62. The second kappa shape index (κ2) is 48.9. The lowest BCUT2D eigenvalue weighted by Crippen LogP contribution is -2.41. The molecule has 4 aromatic rings. The molecule has 13 rings (SSSR count). The lowest BCUT2D eigenvalue weighted by atomic mass is 9.72. The van der Waals surface area contributed by atoms with Gasteiger partial charge in [-0.15, -0.1) is 12.4 Å². The molecule has 12 N–H and O–H groups in total. The predicted octanol–water partition coefficient (Wildman–Crippen LogP) is 17.4. The van der Waals surface area contributed by atoms with Crippen LogP contribution in [0.5, 0.6) is 0 Å². The maximum Gasteiger partial charge on any atom is 0.534 e. The summed E-state index contributed by atoms with van der Waals surface area (Å²) in [6, 6.07) is 27.9. The van der Waals surface area contributed by atoms with Crippen molar-refractivity contribution in [3.8, 4) is 0 Å². The maximum atomic E-state index is 12.0. The summed E-state index contributed by atoms with van der Waals surface area (Å²) >= 11 is 21.3. The summed E-state index contributed by atoms with van der Waals surface area (Å²) in [5.74, 6) is 0.980. The number of aliphatic hydroxyl groups is 2. The first kappa shape index (κ1) is 96.3. The Kier molecular flexibility index (Phi) is 42.8. The van der Waals surface area contributed by atoms with Crippen LogP contribution in [0.15, 0.2) is 131 Å². The van der Waals surface area contributed by atoms with Crippen molar-refractivity contribution in [3.63, 3.8) is 0 Å². The maximum absolute atomic E-state index is 12.0. The number of nitrogens with zero attached hydrogens (tertiary/aromatic N) is 2. The van der Waals surface area contributed by atoms with Crippen LogP contribution in [0.1, 0.15) is 218 Å². The van der Waals surface area contributed by atoms with Crippen molar-refractivity contribution in [1.29, 1.82) is 0 Å². The van der Waals surface area contributed by atoms with Gasteiger partial charge in [-0.2, -0.15) is 21.6 Å². The third-order valence-electron chi connectivity index (χ3n) is 21.7. The number of ketones is 1. The van der Waals surface area contributed by atoms with Gasteiger partial charge in [0.15, 0.2) is 0 Å². The molecule has 1 aromatic heterocycles. The Labute approximate surface area is 684 Å². The van der Waals surface area contributed by atoms with Gasteiger partial charge in [-0.3, -0.25) is 4.79 Å². The fraction of sp³-hybridized carbons (Fsp3) is 0.598. The van der Waals surface area contributed by atoms with Gasteiger partial charge in [-0.1, -0.05) is 95.5 Å². The molecule has 3 saturated carbocycles. The summed E-state index contributed by atoms with van der Waals surface area (Å²) in [5, 5.41) is 39.8. The molecule has 8 aliphatic carbocycles. The third-order valence-corrected chi connectivity index (χ3v) is 23.8. The van der Waals surface area contributed by atoms with Gasteiger partial charge in [0.05, 0.1) is 27.9 Å². The van der Waals surface area contributed by atoms with Crippen LogP contribution in [-0.4, -0.2) is 154 Å². The molecule has 2 heterocycles. The number of nitrogens with two attached hydrogens (primary N) is 2. The van der Waals surface area contributed by atoms with Gasteiger partial charge in [0.25, 0.3) is 0 Å². The largest absolute Gasteiger partial charge is 0.534 e. The number of nitrogens with one attached hydrogen (secondary N) is 6. The number of aromatic nitrogens is 2. The zero-order valence-electron chi connectivity index (χ0n) is 65.8. The summed E-state index contributed by atoms with van der Waals surface area (Å²) in [5.41, 5.74) is 14.8. The van der Waals surface area contributed by atoms with Crippen molar-refractivity contribution in [2.75, 3.05) is 40.6 Å². The molecular weight excluding hydrogens is 1570 g/mol. The summed E-state index contributed by atoms with van der Waals surface area (Å²) in [6.07, 6.45) is 39.8. The van der Waals surface area contributed by atoms with Crippen molar-refractivity contribution in [2.45, 2.75) is 278 Å². The molecule has 0 radical (unpaired) electrons. The smallest absolute Gasteiger partial charge is 0.400 e. The highest BCUT2D eigenvalue weighted by Crippen LogP contribution is 2.41. The number of carbonyl (C=O) groups excluding carboxylic acids is 1. The SMILES string of the molecule is CNC1CC=C(B2OC(C)(C)C(C)(C)O2)CC1.CNC1CC=C(OS(=O)(=O)C(F)(F)F)CC1.CNC1CC=C(c2cccc(Cl)c2)CC1.CNC1CCC(=O)CC1.CNC1CCC(O)CC1.Cl.Clc1cccc(C2=CCC(Nc3ncc(Br)cn3)CC2)c1.NC1CC=C(c2cccc(Cl)c2)CC1.NC1CCC(O)CC1. The molecule has 5 atom stereocenters. The van der Waals surface area contributed by atoms with E-state index in [4.69, 9.17) is 65.8 Å². The highest BCUT2D eigenvalue weighted by molar-refractivity contribution is 9.10. The Bertz CT molecular complexity index is 3650. The van der Waals surface area contributed by atoms with Crippen LogP contribution in [-0.2, 0) is 28.4 Å². The van der Waals surface area contributed by atoms with E-state index < -0.39 is 15.6 Å². The fourth-order valence-corrected chi connectivity index (χ4v) is 15.0. The van der Waals surface area contributed by atoms with Crippen molar-refractivity contribution in [3.05, 3.63) is 163 Å². The molecule has 0 spiro atoms. The first-order chi connectivity index (χ1) is 51.8. The normalized spacial score (nSPS) is 25.1. The van der Waals surface area contributed by atoms with Crippen molar-refractivity contribution in [2.24, 2.45) is 11.5 Å². The minimum absolute atomic E-state index is 0. The average molecular weight is 1700 g/mol. The van der Waals surface area contributed by atoms with E-state index in [1.807, 2.05) is 82.8 Å². The molecule has 3 aromatic carbocycles. The number of allylic oxidation sites excluding steroid dienone is 5. The lowest BCUT2D eigenvalue weighted by Gasteiger charge is -2.32. The van der Waals surface area contributed by atoms with E-state index in [0.29, 0.717) is 66.9 Å². The number of rotatable bonds is 13. The van der Waals surface area contributed by atoms with Gasteiger partial charge >= 0.3 is 22.7 Å². The van der Waals surface area contributed by atoms with Crippen LogP contribution in [0.25, 0.3) is 16.7 Å². The molecule has 4 fully saturated rings. The van der Waals surface area contributed by atoms with Crippen LogP contribution in [0.3, 0.4) is 0 Å². The van der Waals surface area contributed by atoms with Crippen LogP contribution >= 0.6 is 63.1 Å². The van der Waals surface area contributed by atoms with E-state index >= 15 is 0 Å². The Morgan fingerprint density at radius 3 is 1.26 bits per heavy atom. The number of benzene rings is 3. The van der Waals surface area contributed by atoms with Crippen LogP contribution in [0.4, 0.5) is 19.1 Å². The number of halogens is 8. The number of anilines is 1. The number of hydrogen-bond acceptors (Lipinski definition) is 18. The molecule has 18 nitrogen and oxygen atoms in total. The molecule has 0 amide bonds. The van der Waals surface area contributed by atoms with Gasteiger partial charge in [0, 0.05) is 95.1 Å². The van der Waals surface area contributed by atoms with Gasteiger partial charge in [0.1, 0.15) is 11.5 Å². The fourth-order valence-electron chi connectivity index (χ4n) is 13.7. The Balaban J connectivity index is 0.000000229. The van der Waals surface area contributed by atoms with Gasteiger partial charge in [-0.05, 0) is 314 Å². The molecular formula is C82H123BBrCl4F3N10O8S.